The van der Waals surface area contributed by atoms with Gasteiger partial charge >= 0.3 is 0 Å². The average molecular weight is 154 g/mol. The van der Waals surface area contributed by atoms with Crippen LogP contribution >= 0.6 is 0 Å². The second-order valence-corrected chi connectivity index (χ2v) is 2.65. The van der Waals surface area contributed by atoms with Crippen molar-refractivity contribution in [2.75, 3.05) is 13.2 Å². The van der Waals surface area contributed by atoms with Gasteiger partial charge in [-0.25, -0.2) is 0 Å². The lowest BCUT2D eigenvalue weighted by molar-refractivity contribution is -0.150. The first-order valence-electron chi connectivity index (χ1n) is 3.62. The smallest absolute Gasteiger partial charge is 0.195 e. The predicted octanol–water partition coefficient (Wildman–Crippen LogP) is 1.50. The van der Waals surface area contributed by atoms with Crippen molar-refractivity contribution in [3.05, 3.63) is 24.2 Å². The van der Waals surface area contributed by atoms with Gasteiger partial charge in [-0.15, -0.1) is 0 Å². The summed E-state index contributed by atoms with van der Waals surface area (Å²) in [4.78, 5) is 0. The van der Waals surface area contributed by atoms with Crippen LogP contribution in [0.3, 0.4) is 0 Å². The number of hydrogen-bond donors (Lipinski definition) is 0. The van der Waals surface area contributed by atoms with Crippen LogP contribution in [0, 0.1) is 0 Å². The molecule has 3 nitrogen and oxygen atoms in total. The Bertz CT molecular complexity index is 221. The zero-order chi connectivity index (χ0) is 7.73. The Morgan fingerprint density at radius 2 is 2.09 bits per heavy atom. The van der Waals surface area contributed by atoms with Crippen LogP contribution in [0.15, 0.2) is 23.0 Å². The second kappa shape index (κ2) is 2.36. The van der Waals surface area contributed by atoms with E-state index in [1.54, 1.807) is 12.5 Å². The molecule has 1 aliphatic rings. The van der Waals surface area contributed by atoms with Crippen LogP contribution < -0.4 is 0 Å². The monoisotopic (exact) mass is 154 g/mol. The summed E-state index contributed by atoms with van der Waals surface area (Å²) in [5.41, 5.74) is 0.940. The molecule has 0 spiro atoms. The molecule has 2 rings (SSSR count). The number of furan rings is 1. The minimum absolute atomic E-state index is 0.576. The van der Waals surface area contributed by atoms with Gasteiger partial charge in [-0.1, -0.05) is 0 Å². The second-order valence-electron chi connectivity index (χ2n) is 2.65. The molecule has 0 saturated carbocycles. The summed E-state index contributed by atoms with van der Waals surface area (Å²) < 4.78 is 15.7. The summed E-state index contributed by atoms with van der Waals surface area (Å²) in [5.74, 6) is -0.576. The summed E-state index contributed by atoms with van der Waals surface area (Å²) >= 11 is 0. The minimum Gasteiger partial charge on any atom is -0.472 e. The lowest BCUT2D eigenvalue weighted by Gasteiger charge is -2.19. The van der Waals surface area contributed by atoms with E-state index in [0.717, 1.165) is 5.56 Å². The lowest BCUT2D eigenvalue weighted by atomic mass is 10.2. The topological polar surface area (TPSA) is 31.6 Å². The highest BCUT2D eigenvalue weighted by Crippen LogP contribution is 2.30. The summed E-state index contributed by atoms with van der Waals surface area (Å²) in [6.07, 6.45) is 3.26. The summed E-state index contributed by atoms with van der Waals surface area (Å²) in [6, 6.07) is 1.85. The molecular weight excluding hydrogens is 144 g/mol. The largest absolute Gasteiger partial charge is 0.472 e. The molecule has 1 aromatic heterocycles. The van der Waals surface area contributed by atoms with Crippen LogP contribution in [0.2, 0.25) is 0 Å². The third kappa shape index (κ3) is 1.06. The van der Waals surface area contributed by atoms with Crippen molar-refractivity contribution in [2.24, 2.45) is 0 Å². The standard InChI is InChI=1S/C8H10O3/c1-8(10-4-5-11-8)7-2-3-9-6-7/h2-3,6H,4-5H2,1H3. The Balaban J connectivity index is 2.27. The van der Waals surface area contributed by atoms with E-state index in [1.165, 1.54) is 0 Å². The van der Waals surface area contributed by atoms with Gasteiger partial charge < -0.3 is 13.9 Å². The van der Waals surface area contributed by atoms with E-state index in [0.29, 0.717) is 13.2 Å². The van der Waals surface area contributed by atoms with E-state index < -0.39 is 5.79 Å². The van der Waals surface area contributed by atoms with Gasteiger partial charge in [0.25, 0.3) is 0 Å². The Kier molecular flexibility index (Phi) is 1.47. The number of hydrogen-bond acceptors (Lipinski definition) is 3. The van der Waals surface area contributed by atoms with E-state index in [-0.39, 0.29) is 0 Å². The van der Waals surface area contributed by atoms with Gasteiger partial charge in [0.05, 0.1) is 25.7 Å². The Labute approximate surface area is 64.9 Å². The quantitative estimate of drug-likeness (QED) is 0.614. The maximum atomic E-state index is 5.40. The van der Waals surface area contributed by atoms with Gasteiger partial charge in [0.1, 0.15) is 0 Å². The van der Waals surface area contributed by atoms with Gasteiger partial charge in [0.2, 0.25) is 0 Å². The van der Waals surface area contributed by atoms with Gasteiger partial charge in [0.15, 0.2) is 5.79 Å². The molecule has 2 heterocycles. The van der Waals surface area contributed by atoms with Crippen molar-refractivity contribution in [2.45, 2.75) is 12.7 Å². The van der Waals surface area contributed by atoms with Crippen LogP contribution in [-0.4, -0.2) is 13.2 Å². The fourth-order valence-electron chi connectivity index (χ4n) is 1.20. The van der Waals surface area contributed by atoms with E-state index >= 15 is 0 Å². The van der Waals surface area contributed by atoms with Gasteiger partial charge in [-0.2, -0.15) is 0 Å². The molecule has 1 fully saturated rings. The molecule has 0 amide bonds. The van der Waals surface area contributed by atoms with Gasteiger partial charge in [0, 0.05) is 5.56 Å². The molecule has 0 N–H and O–H groups in total. The molecule has 11 heavy (non-hydrogen) atoms. The highest BCUT2D eigenvalue weighted by atomic mass is 16.7. The maximum absolute atomic E-state index is 5.40. The molecule has 0 aromatic carbocycles. The Morgan fingerprint density at radius 3 is 2.64 bits per heavy atom. The van der Waals surface area contributed by atoms with Crippen LogP contribution in [0.25, 0.3) is 0 Å². The molecule has 3 heteroatoms. The van der Waals surface area contributed by atoms with E-state index in [9.17, 15) is 0 Å². The SMILES string of the molecule is CC1(c2ccoc2)OCCO1. The summed E-state index contributed by atoms with van der Waals surface area (Å²) in [6.45, 7) is 3.20. The zero-order valence-electron chi connectivity index (χ0n) is 6.37. The third-order valence-corrected chi connectivity index (χ3v) is 1.88. The number of rotatable bonds is 1. The summed E-state index contributed by atoms with van der Waals surface area (Å²) in [5, 5.41) is 0. The average Bonchev–Trinajstić information content (AvgIpc) is 2.55. The highest BCUT2D eigenvalue weighted by molar-refractivity contribution is 5.12. The molecular formula is C8H10O3. The fraction of sp³-hybridized carbons (Fsp3) is 0.500. The van der Waals surface area contributed by atoms with Crippen molar-refractivity contribution >= 4 is 0 Å². The fourth-order valence-corrected chi connectivity index (χ4v) is 1.20. The predicted molar refractivity (Wildman–Crippen MR) is 38.0 cm³/mol. The highest BCUT2D eigenvalue weighted by Gasteiger charge is 2.33. The molecule has 0 atom stereocenters. The van der Waals surface area contributed by atoms with Crippen LogP contribution in [-0.2, 0) is 15.3 Å². The van der Waals surface area contributed by atoms with E-state index in [1.807, 2.05) is 13.0 Å². The van der Waals surface area contributed by atoms with Gasteiger partial charge in [-0.05, 0) is 13.0 Å². The molecule has 1 aromatic rings. The van der Waals surface area contributed by atoms with Crippen molar-refractivity contribution in [1.29, 1.82) is 0 Å². The normalized spacial score (nSPS) is 22.3. The first-order valence-corrected chi connectivity index (χ1v) is 3.62. The van der Waals surface area contributed by atoms with E-state index in [2.05, 4.69) is 0 Å². The number of ether oxygens (including phenoxy) is 2. The van der Waals surface area contributed by atoms with Crippen molar-refractivity contribution in [1.82, 2.24) is 0 Å². The first kappa shape index (κ1) is 6.88. The Hall–Kier alpha value is -0.800. The van der Waals surface area contributed by atoms with Crippen LogP contribution in [0.1, 0.15) is 12.5 Å². The van der Waals surface area contributed by atoms with Gasteiger partial charge in [-0.3, -0.25) is 0 Å². The molecule has 60 valence electrons. The molecule has 0 radical (unpaired) electrons. The summed E-state index contributed by atoms with van der Waals surface area (Å²) in [7, 11) is 0. The Morgan fingerprint density at radius 1 is 1.36 bits per heavy atom. The zero-order valence-corrected chi connectivity index (χ0v) is 6.37. The van der Waals surface area contributed by atoms with Crippen molar-refractivity contribution < 1.29 is 13.9 Å². The van der Waals surface area contributed by atoms with Crippen molar-refractivity contribution in [3.63, 3.8) is 0 Å². The maximum Gasteiger partial charge on any atom is 0.195 e. The first-order chi connectivity index (χ1) is 5.31. The molecule has 1 aliphatic heterocycles. The lowest BCUT2D eigenvalue weighted by Crippen LogP contribution is -2.21. The minimum atomic E-state index is -0.576. The molecule has 0 bridgehead atoms. The molecule has 0 aliphatic carbocycles. The molecule has 0 unspecified atom stereocenters. The van der Waals surface area contributed by atoms with Crippen molar-refractivity contribution in [3.8, 4) is 0 Å². The third-order valence-electron chi connectivity index (χ3n) is 1.88. The van der Waals surface area contributed by atoms with E-state index in [4.69, 9.17) is 13.9 Å². The van der Waals surface area contributed by atoms with Crippen LogP contribution in [0.4, 0.5) is 0 Å². The van der Waals surface area contributed by atoms with Crippen LogP contribution in [0.5, 0.6) is 0 Å². The molecule has 1 saturated heterocycles.